The molecular formula is C11H17N3O3S. The van der Waals surface area contributed by atoms with Crippen LogP contribution in [0.5, 0.6) is 0 Å². The first-order valence-corrected chi connectivity index (χ1v) is 7.06. The molecule has 1 aromatic carbocycles. The summed E-state index contributed by atoms with van der Waals surface area (Å²) < 4.78 is 22.6. The van der Waals surface area contributed by atoms with Crippen LogP contribution < -0.4 is 16.2 Å². The highest BCUT2D eigenvalue weighted by Gasteiger charge is 2.15. The molecule has 0 aliphatic rings. The first kappa shape index (κ1) is 14.6. The molecule has 0 saturated heterocycles. The lowest BCUT2D eigenvalue weighted by Crippen LogP contribution is -2.27. The van der Waals surface area contributed by atoms with Crippen molar-refractivity contribution in [3.8, 4) is 0 Å². The zero-order chi connectivity index (χ0) is 13.8. The van der Waals surface area contributed by atoms with Gasteiger partial charge in [-0.25, -0.2) is 13.6 Å². The van der Waals surface area contributed by atoms with Gasteiger partial charge in [0.2, 0.25) is 15.9 Å². The van der Waals surface area contributed by atoms with E-state index in [0.29, 0.717) is 6.42 Å². The van der Waals surface area contributed by atoms with Gasteiger partial charge >= 0.3 is 0 Å². The van der Waals surface area contributed by atoms with Gasteiger partial charge in [-0.2, -0.15) is 0 Å². The van der Waals surface area contributed by atoms with E-state index in [-0.39, 0.29) is 29.0 Å². The van der Waals surface area contributed by atoms with Crippen molar-refractivity contribution < 1.29 is 13.2 Å². The second kappa shape index (κ2) is 5.94. The molecular weight excluding hydrogens is 254 g/mol. The third kappa shape index (κ3) is 4.10. The van der Waals surface area contributed by atoms with Gasteiger partial charge in [0.15, 0.2) is 0 Å². The molecule has 7 heteroatoms. The molecule has 0 aliphatic heterocycles. The van der Waals surface area contributed by atoms with E-state index in [2.05, 4.69) is 5.32 Å². The number of primary sulfonamides is 1. The van der Waals surface area contributed by atoms with E-state index in [9.17, 15) is 13.2 Å². The highest BCUT2D eigenvalue weighted by atomic mass is 32.2. The van der Waals surface area contributed by atoms with Crippen LogP contribution in [0.15, 0.2) is 29.2 Å². The van der Waals surface area contributed by atoms with Gasteiger partial charge in [-0.05, 0) is 18.6 Å². The van der Waals surface area contributed by atoms with Crippen molar-refractivity contribution in [1.82, 2.24) is 0 Å². The van der Waals surface area contributed by atoms with E-state index in [1.165, 1.54) is 18.2 Å². The highest BCUT2D eigenvalue weighted by molar-refractivity contribution is 7.89. The number of nitrogens with one attached hydrogen (secondary N) is 1. The largest absolute Gasteiger partial charge is 0.327 e. The topological polar surface area (TPSA) is 115 Å². The Morgan fingerprint density at radius 1 is 1.39 bits per heavy atom. The summed E-state index contributed by atoms with van der Waals surface area (Å²) in [7, 11) is -3.86. The summed E-state index contributed by atoms with van der Waals surface area (Å²) in [6.07, 6.45) is 0.805. The minimum atomic E-state index is -3.86. The molecule has 18 heavy (non-hydrogen) atoms. The molecule has 5 N–H and O–H groups in total. The molecule has 1 atom stereocenters. The minimum Gasteiger partial charge on any atom is -0.327 e. The quantitative estimate of drug-likeness (QED) is 0.718. The maximum absolute atomic E-state index is 11.6. The van der Waals surface area contributed by atoms with Crippen LogP contribution in [0.3, 0.4) is 0 Å². The number of rotatable bonds is 5. The molecule has 0 radical (unpaired) electrons. The van der Waals surface area contributed by atoms with Crippen LogP contribution in [0.1, 0.15) is 19.8 Å². The summed E-state index contributed by atoms with van der Waals surface area (Å²) in [5.74, 6) is -0.333. The Kier molecular flexibility index (Phi) is 4.83. The van der Waals surface area contributed by atoms with Gasteiger partial charge in [0.1, 0.15) is 4.90 Å². The van der Waals surface area contributed by atoms with Crippen molar-refractivity contribution in [1.29, 1.82) is 0 Å². The smallest absolute Gasteiger partial charge is 0.240 e. The Morgan fingerprint density at radius 2 is 2.00 bits per heavy atom. The van der Waals surface area contributed by atoms with Crippen molar-refractivity contribution in [2.75, 3.05) is 5.32 Å². The number of sulfonamides is 1. The molecule has 0 spiro atoms. The number of para-hydroxylation sites is 1. The van der Waals surface area contributed by atoms with Crippen molar-refractivity contribution in [2.45, 2.75) is 30.7 Å². The van der Waals surface area contributed by atoms with Gasteiger partial charge < -0.3 is 11.1 Å². The van der Waals surface area contributed by atoms with E-state index in [0.717, 1.165) is 0 Å². The predicted octanol–water partition coefficient (Wildman–Crippen LogP) is 0.400. The third-order valence-corrected chi connectivity index (χ3v) is 3.41. The number of amides is 1. The fourth-order valence-electron chi connectivity index (χ4n) is 1.40. The monoisotopic (exact) mass is 271 g/mol. The van der Waals surface area contributed by atoms with Gasteiger partial charge in [0.25, 0.3) is 0 Å². The van der Waals surface area contributed by atoms with E-state index in [1.54, 1.807) is 6.07 Å². The molecule has 0 saturated carbocycles. The molecule has 1 unspecified atom stereocenters. The summed E-state index contributed by atoms with van der Waals surface area (Å²) in [4.78, 5) is 11.5. The second-order valence-electron chi connectivity index (χ2n) is 3.96. The average Bonchev–Trinajstić information content (AvgIpc) is 2.27. The zero-order valence-electron chi connectivity index (χ0n) is 10.1. The summed E-state index contributed by atoms with van der Waals surface area (Å²) >= 11 is 0. The molecule has 0 aliphatic carbocycles. The number of carbonyl (C=O) groups is 1. The van der Waals surface area contributed by atoms with Gasteiger partial charge in [0.05, 0.1) is 5.69 Å². The molecule has 0 aromatic heterocycles. The van der Waals surface area contributed by atoms with Crippen molar-refractivity contribution in [2.24, 2.45) is 10.9 Å². The lowest BCUT2D eigenvalue weighted by molar-refractivity contribution is -0.116. The molecule has 0 bridgehead atoms. The Bertz CT molecular complexity index is 528. The maximum Gasteiger partial charge on any atom is 0.240 e. The Labute approximate surface area is 106 Å². The Balaban J connectivity index is 2.89. The Morgan fingerprint density at radius 3 is 2.56 bits per heavy atom. The first-order chi connectivity index (χ1) is 8.34. The molecule has 1 aromatic rings. The molecule has 6 nitrogen and oxygen atoms in total. The van der Waals surface area contributed by atoms with Crippen LogP contribution in [0.2, 0.25) is 0 Å². The summed E-state index contributed by atoms with van der Waals surface area (Å²) in [5, 5.41) is 7.56. The lowest BCUT2D eigenvalue weighted by atomic mass is 10.1. The fourth-order valence-corrected chi connectivity index (χ4v) is 2.10. The SMILES string of the molecule is CCC(N)CC(=O)Nc1ccccc1S(N)(=O)=O. The zero-order valence-corrected chi connectivity index (χ0v) is 10.9. The molecule has 100 valence electrons. The lowest BCUT2D eigenvalue weighted by Gasteiger charge is -2.11. The normalized spacial score (nSPS) is 13.1. The summed E-state index contributed by atoms with van der Waals surface area (Å²) in [5.41, 5.74) is 5.82. The van der Waals surface area contributed by atoms with Crippen molar-refractivity contribution in [3.05, 3.63) is 24.3 Å². The number of carbonyl (C=O) groups excluding carboxylic acids is 1. The number of anilines is 1. The van der Waals surface area contributed by atoms with E-state index in [1.807, 2.05) is 6.92 Å². The van der Waals surface area contributed by atoms with Crippen molar-refractivity contribution >= 4 is 21.6 Å². The van der Waals surface area contributed by atoms with Crippen molar-refractivity contribution in [3.63, 3.8) is 0 Å². The van der Waals surface area contributed by atoms with Gasteiger partial charge in [-0.3, -0.25) is 4.79 Å². The van der Waals surface area contributed by atoms with Crippen LogP contribution in [0.4, 0.5) is 5.69 Å². The van der Waals surface area contributed by atoms with Crippen LogP contribution >= 0.6 is 0 Å². The number of benzene rings is 1. The van der Waals surface area contributed by atoms with Crippen LogP contribution in [-0.4, -0.2) is 20.4 Å². The molecule has 0 fully saturated rings. The van der Waals surface area contributed by atoms with Crippen LogP contribution in [-0.2, 0) is 14.8 Å². The standard InChI is InChI=1S/C11H17N3O3S/c1-2-8(12)7-11(15)14-9-5-3-4-6-10(9)18(13,16)17/h3-6,8H,2,7,12H2,1H3,(H,14,15)(H2,13,16,17). The number of hydrogen-bond acceptors (Lipinski definition) is 4. The number of nitrogens with two attached hydrogens (primary N) is 2. The summed E-state index contributed by atoms with van der Waals surface area (Å²) in [6.45, 7) is 1.87. The average molecular weight is 271 g/mol. The molecule has 1 rings (SSSR count). The van der Waals surface area contributed by atoms with Gasteiger partial charge in [-0.15, -0.1) is 0 Å². The molecule has 1 amide bonds. The summed E-state index contributed by atoms with van der Waals surface area (Å²) in [6, 6.07) is 5.73. The fraction of sp³-hybridized carbons (Fsp3) is 0.364. The predicted molar refractivity (Wildman–Crippen MR) is 69.3 cm³/mol. The highest BCUT2D eigenvalue weighted by Crippen LogP contribution is 2.19. The van der Waals surface area contributed by atoms with Crippen LogP contribution in [0, 0.1) is 0 Å². The first-order valence-electron chi connectivity index (χ1n) is 5.52. The van der Waals surface area contributed by atoms with E-state index >= 15 is 0 Å². The number of hydrogen-bond donors (Lipinski definition) is 3. The van der Waals surface area contributed by atoms with E-state index < -0.39 is 10.0 Å². The Hall–Kier alpha value is -1.44. The van der Waals surface area contributed by atoms with Gasteiger partial charge in [0, 0.05) is 12.5 Å². The third-order valence-electron chi connectivity index (χ3n) is 2.44. The van der Waals surface area contributed by atoms with Crippen LogP contribution in [0.25, 0.3) is 0 Å². The maximum atomic E-state index is 11.6. The minimum absolute atomic E-state index is 0.108. The van der Waals surface area contributed by atoms with Gasteiger partial charge in [-0.1, -0.05) is 19.1 Å². The van der Waals surface area contributed by atoms with E-state index in [4.69, 9.17) is 10.9 Å². The second-order valence-corrected chi connectivity index (χ2v) is 5.49. The molecule has 0 heterocycles.